The number of pyridine rings is 1. The molecule has 2 heterocycles. The summed E-state index contributed by atoms with van der Waals surface area (Å²) in [4.78, 5) is 3.71. The monoisotopic (exact) mass is 183 g/mol. The molecule has 4 heteroatoms. The Labute approximate surface area is 75.5 Å². The Bertz CT molecular complexity index is 310. The zero-order valence-electron chi connectivity index (χ0n) is 7.29. The van der Waals surface area contributed by atoms with E-state index in [9.17, 15) is 4.39 Å². The molecule has 1 aliphatic heterocycles. The molecule has 1 saturated heterocycles. The first-order chi connectivity index (χ1) is 6.21. The number of nitrogens with zero attached hydrogens (tertiary/aromatic N) is 1. The van der Waals surface area contributed by atoms with Crippen LogP contribution in [-0.4, -0.2) is 18.2 Å². The third kappa shape index (κ3) is 1.55. The largest absolute Gasteiger partial charge is 0.342 e. The van der Waals surface area contributed by atoms with E-state index in [0.717, 1.165) is 0 Å². The van der Waals surface area contributed by atoms with Crippen molar-refractivity contribution in [3.05, 3.63) is 29.8 Å². The first-order valence-electron chi connectivity index (χ1n) is 4.12. The van der Waals surface area contributed by atoms with Gasteiger partial charge >= 0.3 is 0 Å². The fourth-order valence-electron chi connectivity index (χ4n) is 1.32. The average Bonchev–Trinajstić information content (AvgIpc) is 2.54. The molecule has 0 saturated carbocycles. The van der Waals surface area contributed by atoms with E-state index in [2.05, 4.69) is 4.98 Å². The highest BCUT2D eigenvalue weighted by Gasteiger charge is 2.34. The lowest BCUT2D eigenvalue weighted by Crippen LogP contribution is -2.24. The van der Waals surface area contributed by atoms with Gasteiger partial charge < -0.3 is 9.47 Å². The molecular weight excluding hydrogens is 173 g/mol. The molecule has 0 atom stereocenters. The van der Waals surface area contributed by atoms with E-state index in [0.29, 0.717) is 18.9 Å². The van der Waals surface area contributed by atoms with Gasteiger partial charge in [0.15, 0.2) is 0 Å². The number of rotatable bonds is 1. The summed E-state index contributed by atoms with van der Waals surface area (Å²) in [5.41, 5.74) is 0.477. The number of halogens is 1. The van der Waals surface area contributed by atoms with Gasteiger partial charge in [-0.1, -0.05) is 6.07 Å². The van der Waals surface area contributed by atoms with Crippen molar-refractivity contribution in [1.82, 2.24) is 4.98 Å². The molecule has 0 N–H and O–H groups in total. The highest BCUT2D eigenvalue weighted by atomic mass is 19.1. The van der Waals surface area contributed by atoms with E-state index in [1.807, 2.05) is 0 Å². The normalized spacial score (nSPS) is 20.5. The maximum atomic E-state index is 12.8. The summed E-state index contributed by atoms with van der Waals surface area (Å²) in [5.74, 6) is -1.39. The van der Waals surface area contributed by atoms with Crippen molar-refractivity contribution < 1.29 is 13.9 Å². The van der Waals surface area contributed by atoms with Crippen LogP contribution in [0.5, 0.6) is 0 Å². The zero-order valence-corrected chi connectivity index (χ0v) is 7.29. The maximum Gasteiger partial charge on any atom is 0.213 e. The van der Waals surface area contributed by atoms with Gasteiger partial charge in [-0.3, -0.25) is 0 Å². The van der Waals surface area contributed by atoms with Gasteiger partial charge in [0, 0.05) is 0 Å². The van der Waals surface area contributed by atoms with E-state index < -0.39 is 11.7 Å². The molecule has 0 bridgehead atoms. The van der Waals surface area contributed by atoms with Gasteiger partial charge in [0.2, 0.25) is 11.7 Å². The molecule has 0 spiro atoms. The third-order valence-corrected chi connectivity index (χ3v) is 2.02. The highest BCUT2D eigenvalue weighted by Crippen LogP contribution is 2.28. The molecule has 1 aromatic rings. The third-order valence-electron chi connectivity index (χ3n) is 2.02. The summed E-state index contributed by atoms with van der Waals surface area (Å²) < 4.78 is 23.4. The van der Waals surface area contributed by atoms with Gasteiger partial charge in [0.25, 0.3) is 0 Å². The van der Waals surface area contributed by atoms with Crippen molar-refractivity contribution in [3.8, 4) is 0 Å². The van der Waals surface area contributed by atoms with Crippen molar-refractivity contribution in [2.24, 2.45) is 0 Å². The Balaban J connectivity index is 2.33. The van der Waals surface area contributed by atoms with Crippen LogP contribution in [0.15, 0.2) is 18.2 Å². The Morgan fingerprint density at radius 1 is 1.38 bits per heavy atom. The second-order valence-corrected chi connectivity index (χ2v) is 2.99. The van der Waals surface area contributed by atoms with Gasteiger partial charge in [-0.2, -0.15) is 4.39 Å². The lowest BCUT2D eigenvalue weighted by molar-refractivity contribution is -0.153. The molecule has 1 fully saturated rings. The van der Waals surface area contributed by atoms with Crippen LogP contribution in [0, 0.1) is 5.95 Å². The van der Waals surface area contributed by atoms with Crippen LogP contribution in [0.2, 0.25) is 0 Å². The summed E-state index contributed by atoms with van der Waals surface area (Å²) in [5, 5.41) is 0. The Hall–Kier alpha value is -1.00. The molecule has 13 heavy (non-hydrogen) atoms. The van der Waals surface area contributed by atoms with Crippen LogP contribution in [0.1, 0.15) is 12.6 Å². The number of hydrogen-bond acceptors (Lipinski definition) is 3. The Kier molecular flexibility index (Phi) is 2.01. The van der Waals surface area contributed by atoms with Gasteiger partial charge in [-0.15, -0.1) is 0 Å². The molecule has 70 valence electrons. The first-order valence-corrected chi connectivity index (χ1v) is 4.12. The lowest BCUT2D eigenvalue weighted by atomic mass is 10.2. The van der Waals surface area contributed by atoms with Crippen LogP contribution >= 0.6 is 0 Å². The van der Waals surface area contributed by atoms with Crippen LogP contribution in [0.25, 0.3) is 0 Å². The highest BCUT2D eigenvalue weighted by molar-refractivity contribution is 5.10. The number of ether oxygens (including phenoxy) is 2. The minimum Gasteiger partial charge on any atom is -0.342 e. The molecule has 3 nitrogen and oxygen atoms in total. The maximum absolute atomic E-state index is 12.8. The second-order valence-electron chi connectivity index (χ2n) is 2.99. The van der Waals surface area contributed by atoms with Crippen molar-refractivity contribution >= 4 is 0 Å². The molecule has 0 amide bonds. The molecule has 2 rings (SSSR count). The predicted octanol–water partition coefficient (Wildman–Crippen LogP) is 1.44. The first kappa shape index (κ1) is 8.59. The van der Waals surface area contributed by atoms with E-state index in [-0.39, 0.29) is 0 Å². The van der Waals surface area contributed by atoms with Gasteiger partial charge in [-0.05, 0) is 19.1 Å². The lowest BCUT2D eigenvalue weighted by Gasteiger charge is -2.20. The molecule has 0 aliphatic carbocycles. The van der Waals surface area contributed by atoms with E-state index in [1.54, 1.807) is 19.1 Å². The average molecular weight is 183 g/mol. The summed E-state index contributed by atoms with van der Waals surface area (Å²) in [6.07, 6.45) is 0. The molecule has 0 radical (unpaired) electrons. The topological polar surface area (TPSA) is 31.4 Å². The molecule has 1 aromatic heterocycles. The van der Waals surface area contributed by atoms with Crippen molar-refractivity contribution in [2.75, 3.05) is 13.2 Å². The van der Waals surface area contributed by atoms with E-state index >= 15 is 0 Å². The number of hydrogen-bond donors (Lipinski definition) is 0. The minimum absolute atomic E-state index is 0.477. The quantitative estimate of drug-likeness (QED) is 0.617. The smallest absolute Gasteiger partial charge is 0.213 e. The van der Waals surface area contributed by atoms with Crippen LogP contribution < -0.4 is 0 Å². The van der Waals surface area contributed by atoms with E-state index in [1.165, 1.54) is 6.07 Å². The van der Waals surface area contributed by atoms with Crippen LogP contribution in [-0.2, 0) is 15.3 Å². The van der Waals surface area contributed by atoms with Gasteiger partial charge in [-0.25, -0.2) is 4.98 Å². The Morgan fingerprint density at radius 2 is 2.08 bits per heavy atom. The summed E-state index contributed by atoms with van der Waals surface area (Å²) in [6, 6.07) is 4.57. The summed E-state index contributed by atoms with van der Waals surface area (Å²) >= 11 is 0. The Morgan fingerprint density at radius 3 is 2.69 bits per heavy atom. The molecular formula is C9H10FNO2. The predicted molar refractivity (Wildman–Crippen MR) is 43.5 cm³/mol. The zero-order chi connectivity index (χ0) is 9.31. The second kappa shape index (κ2) is 3.05. The van der Waals surface area contributed by atoms with Gasteiger partial charge in [0.05, 0.1) is 13.2 Å². The van der Waals surface area contributed by atoms with Crippen LogP contribution in [0.4, 0.5) is 4.39 Å². The standard InChI is InChI=1S/C9H10FNO2/c1-9(12-5-6-13-9)7-3-2-4-8(10)11-7/h2-4H,5-6H2,1H3. The fourth-order valence-corrected chi connectivity index (χ4v) is 1.32. The molecule has 0 aromatic carbocycles. The van der Waals surface area contributed by atoms with Gasteiger partial charge in [0.1, 0.15) is 5.69 Å². The minimum atomic E-state index is -0.873. The number of aromatic nitrogens is 1. The summed E-state index contributed by atoms with van der Waals surface area (Å²) in [6.45, 7) is 2.78. The summed E-state index contributed by atoms with van der Waals surface area (Å²) in [7, 11) is 0. The fraction of sp³-hybridized carbons (Fsp3) is 0.444. The van der Waals surface area contributed by atoms with Crippen LogP contribution in [0.3, 0.4) is 0 Å². The SMILES string of the molecule is CC1(c2cccc(F)n2)OCCO1. The van der Waals surface area contributed by atoms with Crippen molar-refractivity contribution in [2.45, 2.75) is 12.7 Å². The molecule has 0 unspecified atom stereocenters. The van der Waals surface area contributed by atoms with E-state index in [4.69, 9.17) is 9.47 Å². The molecule has 1 aliphatic rings. The van der Waals surface area contributed by atoms with Crippen molar-refractivity contribution in [1.29, 1.82) is 0 Å². The van der Waals surface area contributed by atoms with Crippen molar-refractivity contribution in [3.63, 3.8) is 0 Å².